The van der Waals surface area contributed by atoms with Gasteiger partial charge in [0.2, 0.25) is 0 Å². The Morgan fingerprint density at radius 3 is 2.73 bits per heavy atom. The number of benzene rings is 1. The molecule has 0 spiro atoms. The van der Waals surface area contributed by atoms with Gasteiger partial charge in [-0.3, -0.25) is 0 Å². The van der Waals surface area contributed by atoms with Crippen LogP contribution in [-0.2, 0) is 11.2 Å². The van der Waals surface area contributed by atoms with Crippen LogP contribution in [0.4, 0.5) is 0 Å². The van der Waals surface area contributed by atoms with E-state index in [9.17, 15) is 0 Å². The van der Waals surface area contributed by atoms with Crippen LogP contribution < -0.4 is 0 Å². The van der Waals surface area contributed by atoms with E-state index in [0.717, 1.165) is 24.3 Å². The van der Waals surface area contributed by atoms with Gasteiger partial charge in [-0.15, -0.1) is 11.3 Å². The molecule has 15 heavy (non-hydrogen) atoms. The fourth-order valence-corrected chi connectivity index (χ4v) is 1.88. The van der Waals surface area contributed by atoms with Gasteiger partial charge in [0.05, 0.1) is 12.3 Å². The smallest absolute Gasteiger partial charge is 0.152 e. The van der Waals surface area contributed by atoms with Crippen molar-refractivity contribution in [2.24, 2.45) is 0 Å². The van der Waals surface area contributed by atoms with E-state index in [1.807, 2.05) is 5.38 Å². The zero-order valence-electron chi connectivity index (χ0n) is 8.56. The highest BCUT2D eigenvalue weighted by atomic mass is 32.1. The summed E-state index contributed by atoms with van der Waals surface area (Å²) in [7, 11) is 1.72. The lowest BCUT2D eigenvalue weighted by atomic mass is 10.1. The lowest BCUT2D eigenvalue weighted by Crippen LogP contribution is -1.93. The second kappa shape index (κ2) is 5.05. The molecule has 2 rings (SSSR count). The van der Waals surface area contributed by atoms with Crippen LogP contribution in [0.3, 0.4) is 0 Å². The largest absolute Gasteiger partial charge is 0.384 e. The van der Waals surface area contributed by atoms with Crippen molar-refractivity contribution in [2.45, 2.75) is 6.42 Å². The molecule has 1 radical (unpaired) electrons. The third kappa shape index (κ3) is 2.64. The van der Waals surface area contributed by atoms with E-state index in [1.165, 1.54) is 16.9 Å². The third-order valence-corrected chi connectivity index (χ3v) is 2.77. The summed E-state index contributed by atoms with van der Waals surface area (Å²) in [6.45, 7) is 0.768. The first kappa shape index (κ1) is 10.3. The van der Waals surface area contributed by atoms with Crippen molar-refractivity contribution in [3.8, 4) is 11.3 Å². The Bertz CT molecular complexity index is 394. The molecule has 0 unspecified atom stereocenters. The molecule has 0 fully saturated rings. The molecule has 0 amide bonds. The number of nitrogens with zero attached hydrogens (tertiary/aromatic N) is 1. The van der Waals surface area contributed by atoms with Crippen LogP contribution in [0.15, 0.2) is 29.6 Å². The molecule has 0 saturated carbocycles. The van der Waals surface area contributed by atoms with Gasteiger partial charge >= 0.3 is 0 Å². The zero-order chi connectivity index (χ0) is 10.5. The van der Waals surface area contributed by atoms with Gasteiger partial charge in [-0.05, 0) is 12.0 Å². The first-order valence-electron chi connectivity index (χ1n) is 4.80. The van der Waals surface area contributed by atoms with Crippen LogP contribution in [0.25, 0.3) is 11.3 Å². The molecule has 0 aliphatic heterocycles. The van der Waals surface area contributed by atoms with Gasteiger partial charge in [-0.1, -0.05) is 24.3 Å². The highest BCUT2D eigenvalue weighted by molar-refractivity contribution is 7.07. The molecule has 1 heterocycles. The second-order valence-corrected chi connectivity index (χ2v) is 3.92. The van der Waals surface area contributed by atoms with E-state index in [2.05, 4.69) is 34.8 Å². The minimum atomic E-state index is 0.768. The predicted molar refractivity (Wildman–Crippen MR) is 62.0 cm³/mol. The standard InChI is InChI=1S/C12H12NOS/c1-14-7-6-10-2-4-11(5-3-10)12-8-15-9-13-12/h2-5,8H,6-7H2,1H3. The topological polar surface area (TPSA) is 22.1 Å². The summed E-state index contributed by atoms with van der Waals surface area (Å²) in [5, 5.41) is 2.00. The number of thiazole rings is 1. The lowest BCUT2D eigenvalue weighted by Gasteiger charge is -2.01. The Balaban J connectivity index is 2.11. The normalized spacial score (nSPS) is 10.5. The van der Waals surface area contributed by atoms with Gasteiger partial charge in [0.15, 0.2) is 5.51 Å². The Morgan fingerprint density at radius 1 is 1.33 bits per heavy atom. The molecule has 3 heteroatoms. The molecule has 0 saturated heterocycles. The molecule has 0 aliphatic carbocycles. The minimum Gasteiger partial charge on any atom is -0.384 e. The molecule has 1 aromatic heterocycles. The second-order valence-electron chi connectivity index (χ2n) is 3.26. The maximum atomic E-state index is 5.03. The maximum absolute atomic E-state index is 5.03. The van der Waals surface area contributed by atoms with Gasteiger partial charge in [-0.2, -0.15) is 0 Å². The van der Waals surface area contributed by atoms with Gasteiger partial charge in [0.25, 0.3) is 0 Å². The molecular formula is C12H12NOS. The van der Waals surface area contributed by atoms with Crippen molar-refractivity contribution < 1.29 is 4.74 Å². The molecule has 0 bridgehead atoms. The van der Waals surface area contributed by atoms with E-state index in [4.69, 9.17) is 4.74 Å². The number of ether oxygens (including phenoxy) is 1. The zero-order valence-corrected chi connectivity index (χ0v) is 9.38. The van der Waals surface area contributed by atoms with Crippen LogP contribution in [0, 0.1) is 5.51 Å². The SMILES string of the molecule is COCCc1ccc(-c2cs[c]n2)cc1. The quantitative estimate of drug-likeness (QED) is 0.787. The summed E-state index contributed by atoms with van der Waals surface area (Å²) in [4.78, 5) is 4.15. The average molecular weight is 218 g/mol. The third-order valence-electron chi connectivity index (χ3n) is 2.23. The predicted octanol–water partition coefficient (Wildman–Crippen LogP) is 2.80. The summed E-state index contributed by atoms with van der Waals surface area (Å²) >= 11 is 1.50. The number of hydrogen-bond donors (Lipinski definition) is 0. The van der Waals surface area contributed by atoms with E-state index in [-0.39, 0.29) is 0 Å². The van der Waals surface area contributed by atoms with Crippen LogP contribution in [0.2, 0.25) is 0 Å². The Kier molecular flexibility index (Phi) is 3.48. The van der Waals surface area contributed by atoms with Crippen molar-refractivity contribution in [1.29, 1.82) is 0 Å². The molecule has 0 N–H and O–H groups in total. The fraction of sp³-hybridized carbons (Fsp3) is 0.250. The Morgan fingerprint density at radius 2 is 2.13 bits per heavy atom. The maximum Gasteiger partial charge on any atom is 0.152 e. The number of aromatic nitrogens is 1. The first-order chi connectivity index (χ1) is 7.40. The van der Waals surface area contributed by atoms with Crippen molar-refractivity contribution in [1.82, 2.24) is 4.98 Å². The lowest BCUT2D eigenvalue weighted by molar-refractivity contribution is 0.202. The fourth-order valence-electron chi connectivity index (χ4n) is 1.38. The van der Waals surface area contributed by atoms with E-state index < -0.39 is 0 Å². The molecule has 2 aromatic rings. The summed E-state index contributed by atoms with van der Waals surface area (Å²) in [5.74, 6) is 0. The number of hydrogen-bond acceptors (Lipinski definition) is 3. The van der Waals surface area contributed by atoms with Gasteiger partial charge < -0.3 is 4.74 Å². The molecule has 77 valence electrons. The van der Waals surface area contributed by atoms with Crippen molar-refractivity contribution in [2.75, 3.05) is 13.7 Å². The summed E-state index contributed by atoms with van der Waals surface area (Å²) in [5.41, 5.74) is 6.29. The van der Waals surface area contributed by atoms with Gasteiger partial charge in [0.1, 0.15) is 0 Å². The minimum absolute atomic E-state index is 0.768. The highest BCUT2D eigenvalue weighted by Crippen LogP contribution is 2.19. The van der Waals surface area contributed by atoms with E-state index in [0.29, 0.717) is 0 Å². The molecule has 1 aromatic carbocycles. The summed E-state index contributed by atoms with van der Waals surface area (Å²) < 4.78 is 5.03. The molecule has 0 atom stereocenters. The van der Waals surface area contributed by atoms with Crippen molar-refractivity contribution >= 4 is 11.3 Å². The van der Waals surface area contributed by atoms with E-state index in [1.54, 1.807) is 7.11 Å². The monoisotopic (exact) mass is 218 g/mol. The van der Waals surface area contributed by atoms with Crippen LogP contribution in [0.5, 0.6) is 0 Å². The molecular weight excluding hydrogens is 206 g/mol. The number of methoxy groups -OCH3 is 1. The average Bonchev–Trinajstić information content (AvgIpc) is 2.80. The van der Waals surface area contributed by atoms with Crippen LogP contribution in [0.1, 0.15) is 5.56 Å². The number of rotatable bonds is 4. The van der Waals surface area contributed by atoms with Crippen molar-refractivity contribution in [3.63, 3.8) is 0 Å². The van der Waals surface area contributed by atoms with Gasteiger partial charge in [0, 0.05) is 18.1 Å². The van der Waals surface area contributed by atoms with Crippen LogP contribution >= 0.6 is 11.3 Å². The molecule has 2 nitrogen and oxygen atoms in total. The molecule has 0 aliphatic rings. The van der Waals surface area contributed by atoms with Crippen molar-refractivity contribution in [3.05, 3.63) is 40.7 Å². The summed E-state index contributed by atoms with van der Waals surface area (Å²) in [6.07, 6.45) is 0.958. The van der Waals surface area contributed by atoms with E-state index >= 15 is 0 Å². The Hall–Kier alpha value is -1.19. The summed E-state index contributed by atoms with van der Waals surface area (Å²) in [6, 6.07) is 8.42. The van der Waals surface area contributed by atoms with Crippen LogP contribution in [-0.4, -0.2) is 18.7 Å². The Labute approximate surface area is 93.6 Å². The highest BCUT2D eigenvalue weighted by Gasteiger charge is 1.99. The first-order valence-corrected chi connectivity index (χ1v) is 5.68. The van der Waals surface area contributed by atoms with Gasteiger partial charge in [-0.25, -0.2) is 4.98 Å².